The van der Waals surface area contributed by atoms with Crippen molar-refractivity contribution in [3.8, 4) is 28.5 Å². The van der Waals surface area contributed by atoms with Crippen LogP contribution in [0, 0.1) is 11.3 Å². The molecule has 1 fully saturated rings. The fourth-order valence-corrected chi connectivity index (χ4v) is 7.48. The highest BCUT2D eigenvalue weighted by Gasteiger charge is 2.23. The van der Waals surface area contributed by atoms with E-state index in [1.807, 2.05) is 54.7 Å². The molecule has 2 aliphatic rings. The molecule has 0 bridgehead atoms. The summed E-state index contributed by atoms with van der Waals surface area (Å²) in [6.07, 6.45) is 7.12. The van der Waals surface area contributed by atoms with E-state index in [4.69, 9.17) is 32.6 Å². The Kier molecular flexibility index (Phi) is 7.39. The lowest BCUT2D eigenvalue weighted by molar-refractivity contribution is 0.175. The number of halogens is 2. The van der Waals surface area contributed by atoms with E-state index in [1.54, 1.807) is 6.20 Å². The number of aliphatic hydroxyl groups is 1. The summed E-state index contributed by atoms with van der Waals surface area (Å²) in [5.74, 6) is 1.21. The molecule has 0 saturated carbocycles. The Balaban J connectivity index is 1.11. The highest BCUT2D eigenvalue weighted by atomic mass is 35.5. The van der Waals surface area contributed by atoms with Crippen molar-refractivity contribution in [1.82, 2.24) is 14.9 Å². The van der Waals surface area contributed by atoms with Crippen LogP contribution in [-0.2, 0) is 19.4 Å². The molecule has 2 N–H and O–H groups in total. The van der Waals surface area contributed by atoms with Crippen molar-refractivity contribution in [3.05, 3.63) is 105 Å². The molecule has 6 aromatic rings. The van der Waals surface area contributed by atoms with Crippen LogP contribution < -0.4 is 5.32 Å². The van der Waals surface area contributed by atoms with Gasteiger partial charge in [0.2, 0.25) is 0 Å². The monoisotopic (exact) mass is 645 g/mol. The van der Waals surface area contributed by atoms with E-state index < -0.39 is 0 Å². The molecule has 0 spiro atoms. The lowest BCUT2D eigenvalue weighted by Gasteiger charge is -2.16. The third-order valence-corrected chi connectivity index (χ3v) is 9.92. The molecule has 9 heteroatoms. The van der Waals surface area contributed by atoms with E-state index in [0.29, 0.717) is 45.0 Å². The van der Waals surface area contributed by atoms with Gasteiger partial charge in [-0.2, -0.15) is 5.26 Å². The van der Waals surface area contributed by atoms with Gasteiger partial charge in [-0.05, 0) is 78.8 Å². The van der Waals surface area contributed by atoms with Crippen LogP contribution in [0.25, 0.3) is 44.3 Å². The average molecular weight is 647 g/mol. The number of hydrogen-bond acceptors (Lipinski definition) is 7. The Labute approximate surface area is 276 Å². The summed E-state index contributed by atoms with van der Waals surface area (Å²) in [6.45, 7) is 2.31. The largest absolute Gasteiger partial charge is 0.455 e. The maximum absolute atomic E-state index is 9.95. The number of benzene rings is 3. The van der Waals surface area contributed by atoms with Crippen LogP contribution >= 0.6 is 23.2 Å². The summed E-state index contributed by atoms with van der Waals surface area (Å²) >= 11 is 14.1. The van der Waals surface area contributed by atoms with Crippen LogP contribution in [-0.4, -0.2) is 39.2 Å². The number of hydrogen-bond donors (Lipinski definition) is 2. The molecule has 0 radical (unpaired) electrons. The van der Waals surface area contributed by atoms with Crippen LogP contribution in [0.15, 0.2) is 77.5 Å². The number of nitrogens with zero attached hydrogens (tertiary/aromatic N) is 4. The van der Waals surface area contributed by atoms with Gasteiger partial charge >= 0.3 is 0 Å². The van der Waals surface area contributed by atoms with Gasteiger partial charge in [0.15, 0.2) is 11.4 Å². The summed E-state index contributed by atoms with van der Waals surface area (Å²) in [6, 6.07) is 22.1. The minimum absolute atomic E-state index is 0.255. The Morgan fingerprint density at radius 3 is 2.63 bits per heavy atom. The van der Waals surface area contributed by atoms with Gasteiger partial charge in [-0.25, -0.2) is 4.98 Å². The lowest BCUT2D eigenvalue weighted by Crippen LogP contribution is -2.21. The van der Waals surface area contributed by atoms with E-state index in [-0.39, 0.29) is 6.10 Å². The van der Waals surface area contributed by atoms with Crippen molar-refractivity contribution in [3.63, 3.8) is 0 Å². The molecule has 1 aliphatic carbocycles. The summed E-state index contributed by atoms with van der Waals surface area (Å²) in [5.41, 5.74) is 8.32. The van der Waals surface area contributed by atoms with Crippen molar-refractivity contribution in [2.75, 3.05) is 18.4 Å². The zero-order chi connectivity index (χ0) is 31.4. The normalized spacial score (nSPS) is 16.3. The maximum Gasteiger partial charge on any atom is 0.156 e. The first-order chi connectivity index (χ1) is 22.5. The van der Waals surface area contributed by atoms with Crippen LogP contribution in [0.5, 0.6) is 0 Å². The molecule has 1 atom stereocenters. The summed E-state index contributed by atoms with van der Waals surface area (Å²) in [5, 5.41) is 26.1. The maximum atomic E-state index is 9.95. The minimum Gasteiger partial charge on any atom is -0.455 e. The lowest BCUT2D eigenvalue weighted by atomic mass is 10.00. The number of nitrogens with one attached hydrogen (secondary N) is 1. The average Bonchev–Trinajstić information content (AvgIpc) is 3.81. The molecule has 1 aliphatic heterocycles. The van der Waals surface area contributed by atoms with Crippen LogP contribution in [0.3, 0.4) is 0 Å². The number of β-amino-alcohol motifs (C(OH)–C–C–N with tert-alkyl or cyclic N) is 1. The number of nitriles is 1. The van der Waals surface area contributed by atoms with Crippen molar-refractivity contribution < 1.29 is 9.52 Å². The van der Waals surface area contributed by atoms with Crippen LogP contribution in [0.4, 0.5) is 11.5 Å². The summed E-state index contributed by atoms with van der Waals surface area (Å²) in [7, 11) is 0. The van der Waals surface area contributed by atoms with E-state index in [2.05, 4.69) is 33.4 Å². The van der Waals surface area contributed by atoms with Crippen LogP contribution in [0.2, 0.25) is 10.0 Å². The molecule has 3 aromatic heterocycles. The van der Waals surface area contributed by atoms with E-state index >= 15 is 0 Å². The number of furan rings is 1. The topological polar surface area (TPSA) is 98.2 Å². The van der Waals surface area contributed by atoms with E-state index in [9.17, 15) is 10.4 Å². The smallest absolute Gasteiger partial charge is 0.156 e. The fraction of sp³-hybridized carbons (Fsp3) is 0.216. The summed E-state index contributed by atoms with van der Waals surface area (Å²) < 4.78 is 6.32. The molecule has 46 heavy (non-hydrogen) atoms. The first kappa shape index (κ1) is 29.0. The van der Waals surface area contributed by atoms with Crippen molar-refractivity contribution in [1.29, 1.82) is 5.26 Å². The Bertz CT molecular complexity index is 2210. The third-order valence-electron chi connectivity index (χ3n) is 9.11. The molecule has 7 nitrogen and oxygen atoms in total. The van der Waals surface area contributed by atoms with Crippen molar-refractivity contribution in [2.45, 2.75) is 38.3 Å². The molecular formula is C37H29Cl2N5O2. The molecule has 3 aromatic carbocycles. The number of rotatable bonds is 6. The third kappa shape index (κ3) is 5.08. The molecule has 228 valence electrons. The minimum atomic E-state index is -0.255. The Hall–Kier alpha value is -4.45. The van der Waals surface area contributed by atoms with Gasteiger partial charge in [-0.15, -0.1) is 0 Å². The van der Waals surface area contributed by atoms with Gasteiger partial charge in [0.1, 0.15) is 17.3 Å². The predicted molar refractivity (Wildman–Crippen MR) is 183 cm³/mol. The molecular weight excluding hydrogens is 617 g/mol. The highest BCUT2D eigenvalue weighted by molar-refractivity contribution is 6.39. The van der Waals surface area contributed by atoms with E-state index in [1.165, 1.54) is 5.56 Å². The summed E-state index contributed by atoms with van der Waals surface area (Å²) in [4.78, 5) is 11.6. The number of aliphatic hydroxyl groups excluding tert-OH is 1. The second kappa shape index (κ2) is 11.7. The number of likely N-dealkylation sites (tertiary alicyclic amines) is 1. The number of anilines is 2. The SMILES string of the molecule is N#Cc1c2c(cc3cc(-c4cccc(-c5cccc(Nc6nccc7cc(CN8CC[C@@H](O)C8)cnc67)c5Cl)c4Cl)oc13)CCC2. The van der Waals surface area contributed by atoms with E-state index in [0.717, 1.165) is 82.9 Å². The number of pyridine rings is 2. The van der Waals surface area contributed by atoms with Gasteiger partial charge < -0.3 is 14.8 Å². The first-order valence-corrected chi connectivity index (χ1v) is 16.2. The quantitative estimate of drug-likeness (QED) is 0.187. The standard InChI is InChI=1S/C37H29Cl2N5O2/c38-33-27(6-2-8-29(33)32-16-24-15-22-4-1-5-26(22)30(17-40)36(24)46-32)28-7-3-9-31(34(28)39)43-37-35-23(10-12-41-37)14-21(18-42-35)19-44-13-11-25(45)20-44/h2-3,6-10,12,14-16,18,25,45H,1,4-5,11,13,19-20H2,(H,41,43)/t25-/m1/s1. The highest BCUT2D eigenvalue weighted by Crippen LogP contribution is 2.44. The molecule has 1 saturated heterocycles. The molecule has 4 heterocycles. The van der Waals surface area contributed by atoms with Crippen LogP contribution in [0.1, 0.15) is 35.1 Å². The van der Waals surface area contributed by atoms with Crippen molar-refractivity contribution in [2.24, 2.45) is 0 Å². The van der Waals surface area contributed by atoms with Gasteiger partial charge in [0.05, 0.1) is 27.4 Å². The van der Waals surface area contributed by atoms with Gasteiger partial charge in [0.25, 0.3) is 0 Å². The Morgan fingerprint density at radius 1 is 0.978 bits per heavy atom. The zero-order valence-corrected chi connectivity index (χ0v) is 26.4. The second-order valence-electron chi connectivity index (χ2n) is 12.1. The fourth-order valence-electron chi connectivity index (χ4n) is 6.89. The molecule has 0 unspecified atom stereocenters. The van der Waals surface area contributed by atoms with Gasteiger partial charge in [-0.3, -0.25) is 9.88 Å². The first-order valence-electron chi connectivity index (χ1n) is 15.4. The molecule has 0 amide bonds. The van der Waals surface area contributed by atoms with Gasteiger partial charge in [-0.1, -0.05) is 47.5 Å². The number of fused-ring (bicyclic) bond motifs is 3. The molecule has 8 rings (SSSR count). The Morgan fingerprint density at radius 2 is 1.80 bits per heavy atom. The number of aryl methyl sites for hydroxylation is 1. The zero-order valence-electron chi connectivity index (χ0n) is 24.9. The van der Waals surface area contributed by atoms with Crippen molar-refractivity contribution >= 4 is 56.6 Å². The van der Waals surface area contributed by atoms with Gasteiger partial charge in [0, 0.05) is 59.5 Å². The second-order valence-corrected chi connectivity index (χ2v) is 12.9. The predicted octanol–water partition coefficient (Wildman–Crippen LogP) is 8.69. The number of aromatic nitrogens is 2.